The van der Waals surface area contributed by atoms with E-state index in [0.29, 0.717) is 5.01 Å². The summed E-state index contributed by atoms with van der Waals surface area (Å²) in [5.74, 6) is -3.38. The van der Waals surface area contributed by atoms with Crippen LogP contribution in [0.15, 0.2) is 15.6 Å². The SMILES string of the molecule is [B]OC(=O)[C@@]1(N2CCN(N=C)C2=O)CN2C(=O)[C@@H](CC(=O)/C(=N\OC(C)(C)C(=O)OC(C)(C)C)c3csc(C)n3)[C@H]2S1. The van der Waals surface area contributed by atoms with Crippen molar-refractivity contribution in [2.24, 2.45) is 16.2 Å². The van der Waals surface area contributed by atoms with Crippen LogP contribution >= 0.6 is 23.1 Å². The third-order valence-corrected chi connectivity index (χ3v) is 9.26. The highest BCUT2D eigenvalue weighted by molar-refractivity contribution is 8.02. The Kier molecular flexibility index (Phi) is 8.48. The van der Waals surface area contributed by atoms with Crippen molar-refractivity contribution in [3.05, 3.63) is 16.1 Å². The quantitative estimate of drug-likeness (QED) is 0.123. The van der Waals surface area contributed by atoms with E-state index in [1.807, 2.05) is 0 Å². The molecule has 1 aromatic rings. The number of hydrazone groups is 1. The number of ether oxygens (including phenoxy) is 1. The second-order valence-corrected chi connectivity index (χ2v) is 13.8. The fraction of sp³-hybridized carbons (Fsp3) is 0.600. The number of urea groups is 1. The van der Waals surface area contributed by atoms with Gasteiger partial charge in [0.1, 0.15) is 11.3 Å². The van der Waals surface area contributed by atoms with Gasteiger partial charge in [-0.1, -0.05) is 16.9 Å². The number of hydrogen-bond donors (Lipinski definition) is 0. The molecule has 0 N–H and O–H groups in total. The number of nitrogens with zero attached hydrogens (tertiary/aromatic N) is 6. The summed E-state index contributed by atoms with van der Waals surface area (Å²) in [6, 6.07) is -0.580. The van der Waals surface area contributed by atoms with Crippen LogP contribution in [0.4, 0.5) is 4.79 Å². The van der Waals surface area contributed by atoms with Crippen LogP contribution in [-0.4, -0.2) is 111 Å². The molecule has 42 heavy (non-hydrogen) atoms. The third-order valence-electron chi connectivity index (χ3n) is 6.76. The second kappa shape index (κ2) is 11.3. The Labute approximate surface area is 252 Å². The lowest BCUT2D eigenvalue weighted by Crippen LogP contribution is -2.59. The molecular formula is C25H31BN6O8S2. The summed E-state index contributed by atoms with van der Waals surface area (Å²) in [5, 5.41) is 10.4. The first-order valence-electron chi connectivity index (χ1n) is 12.9. The van der Waals surface area contributed by atoms with E-state index < -0.39 is 51.1 Å². The van der Waals surface area contributed by atoms with Gasteiger partial charge in [0.05, 0.1) is 29.4 Å². The number of rotatable bonds is 10. The van der Waals surface area contributed by atoms with Gasteiger partial charge in [-0.25, -0.2) is 19.6 Å². The lowest BCUT2D eigenvalue weighted by atomic mass is 9.90. The molecule has 224 valence electrons. The molecule has 3 saturated heterocycles. The zero-order chi connectivity index (χ0) is 31.2. The Morgan fingerprint density at radius 2 is 1.90 bits per heavy atom. The molecule has 0 unspecified atom stereocenters. The first-order chi connectivity index (χ1) is 19.5. The summed E-state index contributed by atoms with van der Waals surface area (Å²) in [6.45, 7) is 13.3. The lowest BCUT2D eigenvalue weighted by molar-refractivity contribution is -0.179. The van der Waals surface area contributed by atoms with Crippen molar-refractivity contribution in [2.75, 3.05) is 19.6 Å². The summed E-state index contributed by atoms with van der Waals surface area (Å²) in [4.78, 5) is 76.2. The van der Waals surface area contributed by atoms with Crippen LogP contribution in [0.3, 0.4) is 0 Å². The molecule has 3 fully saturated rings. The van der Waals surface area contributed by atoms with E-state index in [1.54, 1.807) is 33.1 Å². The van der Waals surface area contributed by atoms with Crippen molar-refractivity contribution in [2.45, 2.75) is 69.4 Å². The molecule has 0 aliphatic carbocycles. The number of Topliss-reactive ketones (excluding diaryl/α,β-unsaturated/α-hetero) is 1. The van der Waals surface area contributed by atoms with E-state index in [4.69, 9.17) is 17.6 Å². The summed E-state index contributed by atoms with van der Waals surface area (Å²) < 4.78 is 9.95. The zero-order valence-corrected chi connectivity index (χ0v) is 25.7. The smallest absolute Gasteiger partial charge is 0.378 e. The summed E-state index contributed by atoms with van der Waals surface area (Å²) in [6.07, 6.45) is -0.291. The molecule has 0 saturated carbocycles. The minimum absolute atomic E-state index is 0.128. The first-order valence-corrected chi connectivity index (χ1v) is 14.7. The maximum absolute atomic E-state index is 13.6. The van der Waals surface area contributed by atoms with Crippen LogP contribution in [0.25, 0.3) is 0 Å². The number of carbonyl (C=O) groups is 5. The van der Waals surface area contributed by atoms with Gasteiger partial charge in [0.25, 0.3) is 0 Å². The van der Waals surface area contributed by atoms with Gasteiger partial charge in [0.2, 0.25) is 16.4 Å². The van der Waals surface area contributed by atoms with Gasteiger partial charge in [-0.2, -0.15) is 5.10 Å². The number of aromatic nitrogens is 1. The molecule has 3 amide bonds. The van der Waals surface area contributed by atoms with E-state index in [9.17, 15) is 24.0 Å². The van der Waals surface area contributed by atoms with Gasteiger partial charge in [-0.05, 0) is 41.5 Å². The van der Waals surface area contributed by atoms with Crippen molar-refractivity contribution in [3.8, 4) is 0 Å². The Hall–Kier alpha value is -3.47. The number of carbonyl (C=O) groups excluding carboxylic acids is 5. The third kappa shape index (κ3) is 5.75. The highest BCUT2D eigenvalue weighted by atomic mass is 32.2. The number of aryl methyl sites for hydroxylation is 1. The lowest BCUT2D eigenvalue weighted by Gasteiger charge is -2.40. The predicted molar refractivity (Wildman–Crippen MR) is 154 cm³/mol. The topological polar surface area (TPSA) is 160 Å². The van der Waals surface area contributed by atoms with Crippen molar-refractivity contribution in [1.82, 2.24) is 19.8 Å². The molecule has 3 atom stereocenters. The number of thiazole rings is 1. The minimum Gasteiger partial charge on any atom is -0.541 e. The number of fused-ring (bicyclic) bond motifs is 1. The molecule has 17 heteroatoms. The second-order valence-electron chi connectivity index (χ2n) is 11.4. The molecular weight excluding hydrogens is 587 g/mol. The normalized spacial score (nSPS) is 24.3. The maximum atomic E-state index is 13.6. The van der Waals surface area contributed by atoms with Crippen molar-refractivity contribution in [3.63, 3.8) is 0 Å². The fourth-order valence-corrected chi connectivity index (χ4v) is 6.96. The predicted octanol–water partition coefficient (Wildman–Crippen LogP) is 1.46. The van der Waals surface area contributed by atoms with Gasteiger partial charge in [0, 0.05) is 25.1 Å². The molecule has 4 rings (SSSR count). The van der Waals surface area contributed by atoms with E-state index in [1.165, 1.54) is 35.0 Å². The van der Waals surface area contributed by atoms with E-state index in [0.717, 1.165) is 16.8 Å². The number of esters is 1. The van der Waals surface area contributed by atoms with Crippen LogP contribution in [-0.2, 0) is 33.4 Å². The number of oxime groups is 1. The standard InChI is InChI=1S/C25H31BN6O8S2/c1-13-28-15(11-41-13)17(29-40-24(5,6)20(35)38-23(2,3)4)16(33)10-14-18(34)30-12-25(21(36)39-26,42-19(14)30)31-8-9-32(27-7)22(31)37/h11,14,19H,7-10,12H2,1-6H3/b29-17-/t14-,19-,25-/m1/s1. The summed E-state index contributed by atoms with van der Waals surface area (Å²) in [7, 11) is 5.23. The van der Waals surface area contributed by atoms with Gasteiger partial charge in [-0.15, -0.1) is 11.3 Å². The van der Waals surface area contributed by atoms with E-state index >= 15 is 0 Å². The van der Waals surface area contributed by atoms with Crippen LogP contribution in [0, 0.1) is 12.8 Å². The summed E-state index contributed by atoms with van der Waals surface area (Å²) in [5.41, 5.74) is -2.24. The van der Waals surface area contributed by atoms with Crippen molar-refractivity contribution < 1.29 is 38.2 Å². The van der Waals surface area contributed by atoms with Crippen molar-refractivity contribution in [1.29, 1.82) is 0 Å². The van der Waals surface area contributed by atoms with Gasteiger partial charge >= 0.3 is 26.0 Å². The Morgan fingerprint density at radius 3 is 2.45 bits per heavy atom. The average Bonchev–Trinajstić information content (AvgIpc) is 3.61. The van der Waals surface area contributed by atoms with Gasteiger partial charge < -0.3 is 19.1 Å². The van der Waals surface area contributed by atoms with Crippen LogP contribution in [0.1, 0.15) is 51.7 Å². The van der Waals surface area contributed by atoms with E-state index in [2.05, 4.69) is 26.6 Å². The fourth-order valence-electron chi connectivity index (χ4n) is 4.63. The molecule has 0 aromatic carbocycles. The molecule has 2 radical (unpaired) electrons. The first kappa shape index (κ1) is 31.5. The maximum Gasteiger partial charge on any atom is 0.378 e. The Balaban J connectivity index is 1.56. The molecule has 3 aliphatic heterocycles. The molecule has 0 spiro atoms. The van der Waals surface area contributed by atoms with Crippen LogP contribution < -0.4 is 0 Å². The minimum atomic E-state index is -1.62. The number of ketones is 1. The molecule has 14 nitrogen and oxygen atoms in total. The molecule has 4 heterocycles. The van der Waals surface area contributed by atoms with E-state index in [-0.39, 0.29) is 43.4 Å². The number of thioether (sulfide) groups is 1. The molecule has 0 bridgehead atoms. The Bertz CT molecular complexity index is 1360. The monoisotopic (exact) mass is 618 g/mol. The van der Waals surface area contributed by atoms with Gasteiger partial charge in [-0.3, -0.25) is 19.3 Å². The summed E-state index contributed by atoms with van der Waals surface area (Å²) >= 11 is 2.30. The average molecular weight is 619 g/mol. The highest BCUT2D eigenvalue weighted by Crippen LogP contribution is 2.53. The van der Waals surface area contributed by atoms with Gasteiger partial charge in [0.15, 0.2) is 11.5 Å². The van der Waals surface area contributed by atoms with Crippen molar-refractivity contribution >= 4 is 73.2 Å². The highest BCUT2D eigenvalue weighted by Gasteiger charge is 2.66. The Morgan fingerprint density at radius 1 is 1.21 bits per heavy atom. The molecule has 3 aliphatic rings. The largest absolute Gasteiger partial charge is 0.541 e. The van der Waals surface area contributed by atoms with Crippen LogP contribution in [0.5, 0.6) is 0 Å². The van der Waals surface area contributed by atoms with Crippen LogP contribution in [0.2, 0.25) is 0 Å². The number of amides is 3. The molecule has 1 aromatic heterocycles. The number of hydrogen-bond acceptors (Lipinski definition) is 13. The zero-order valence-electron chi connectivity index (χ0n) is 24.1. The number of β-lactam (4-membered cyclic amide) rings is 1.